The van der Waals surface area contributed by atoms with Crippen LogP contribution in [0.25, 0.3) is 0 Å². The molecule has 4 N–H and O–H groups in total. The summed E-state index contributed by atoms with van der Waals surface area (Å²) in [6, 6.07) is 25.9. The third-order valence-electron chi connectivity index (χ3n) is 10.7. The SMILES string of the molecule is CCOC(=O)CCN1CCN(CC2CN(c3ccc(C(=N)NC(=O)c4ccc(Cl)cc4)cc3)C(=O)O2)CC1.CS(=O)(=O)OCC1CN(c2ccc(C(=N)NC(=O)c3ccc(Cl)cc3)cc2)C(=O)O1. The van der Waals surface area contributed by atoms with E-state index in [0.29, 0.717) is 76.3 Å². The van der Waals surface area contributed by atoms with E-state index >= 15 is 0 Å². The lowest BCUT2D eigenvalue weighted by Gasteiger charge is -2.35. The van der Waals surface area contributed by atoms with Crippen molar-refractivity contribution in [2.45, 2.75) is 25.6 Å². The van der Waals surface area contributed by atoms with E-state index in [1.807, 2.05) is 0 Å². The fraction of sp³-hybridized carbons (Fsp3) is 0.326. The van der Waals surface area contributed by atoms with Crippen molar-refractivity contribution in [1.29, 1.82) is 10.8 Å². The van der Waals surface area contributed by atoms with Crippen LogP contribution in [0.2, 0.25) is 10.0 Å². The summed E-state index contributed by atoms with van der Waals surface area (Å²) in [4.78, 5) is 68.2. The molecular formula is C46H50Cl2N8O11S. The van der Waals surface area contributed by atoms with Gasteiger partial charge in [0.25, 0.3) is 21.9 Å². The molecule has 3 aliphatic rings. The van der Waals surface area contributed by atoms with Crippen molar-refractivity contribution in [3.05, 3.63) is 129 Å². The number of esters is 1. The van der Waals surface area contributed by atoms with E-state index in [4.69, 9.17) is 48.2 Å². The van der Waals surface area contributed by atoms with Gasteiger partial charge in [-0.1, -0.05) is 23.2 Å². The van der Waals surface area contributed by atoms with Crippen LogP contribution in [0.1, 0.15) is 45.2 Å². The standard InChI is InChI=1S/C27H32ClN5O5.C19H18ClN3O6S/c1-2-37-24(34)11-12-31-13-15-32(16-14-31)17-23-18-33(27(36)38-23)22-9-5-19(6-10-22)25(29)30-26(35)20-3-7-21(28)8-4-20;1-30(26,27)28-11-16-10-23(19(25)29-16)15-8-4-12(5-9-15)17(21)22-18(24)13-2-6-14(20)7-3-13/h3-10,23H,2,11-18H2,1H3,(H2,29,30,35);2-9,16H,10-11H2,1H3,(H2,21,22,24). The highest BCUT2D eigenvalue weighted by Gasteiger charge is 2.35. The highest BCUT2D eigenvalue weighted by molar-refractivity contribution is 7.86. The predicted molar refractivity (Wildman–Crippen MR) is 255 cm³/mol. The quantitative estimate of drug-likeness (QED) is 0.0385. The number of hydrogen-bond donors (Lipinski definition) is 4. The lowest BCUT2D eigenvalue weighted by molar-refractivity contribution is -0.143. The number of ether oxygens (including phenoxy) is 3. The second kappa shape index (κ2) is 23.5. The van der Waals surface area contributed by atoms with Crippen molar-refractivity contribution in [2.24, 2.45) is 0 Å². The molecule has 4 amide bonds. The molecule has 0 aromatic heterocycles. The van der Waals surface area contributed by atoms with Crippen LogP contribution in [0, 0.1) is 10.8 Å². The Morgan fingerprint density at radius 1 is 0.662 bits per heavy atom. The number of rotatable bonds is 15. The molecule has 3 saturated heterocycles. The molecule has 0 spiro atoms. The Bertz CT molecular complexity index is 2580. The lowest BCUT2D eigenvalue weighted by atomic mass is 10.1. The Hall–Kier alpha value is -6.42. The molecule has 0 aliphatic carbocycles. The fourth-order valence-electron chi connectivity index (χ4n) is 7.15. The Morgan fingerprint density at radius 3 is 1.51 bits per heavy atom. The Balaban J connectivity index is 0.000000230. The van der Waals surface area contributed by atoms with Crippen LogP contribution in [-0.4, -0.2) is 144 Å². The smallest absolute Gasteiger partial charge is 0.414 e. The van der Waals surface area contributed by atoms with Gasteiger partial charge in [-0.15, -0.1) is 0 Å². The van der Waals surface area contributed by atoms with Crippen LogP contribution in [-0.2, 0) is 33.3 Å². The molecule has 0 radical (unpaired) electrons. The van der Waals surface area contributed by atoms with Gasteiger partial charge in [0.2, 0.25) is 0 Å². The second-order valence-electron chi connectivity index (χ2n) is 15.7. The minimum atomic E-state index is -3.63. The average Bonchev–Trinajstić information content (AvgIpc) is 3.89. The van der Waals surface area contributed by atoms with Gasteiger partial charge >= 0.3 is 18.2 Å². The molecular weight excluding hydrogens is 944 g/mol. The zero-order chi connectivity index (χ0) is 49.0. The molecule has 2 atom stereocenters. The molecule has 3 fully saturated rings. The van der Waals surface area contributed by atoms with Crippen LogP contribution < -0.4 is 20.4 Å². The van der Waals surface area contributed by atoms with E-state index < -0.39 is 40.2 Å². The number of amides is 4. The number of cyclic esters (lactones) is 2. The third kappa shape index (κ3) is 14.8. The summed E-state index contributed by atoms with van der Waals surface area (Å²) in [5.74, 6) is -1.16. The number of nitrogens with one attached hydrogen (secondary N) is 4. The van der Waals surface area contributed by atoms with Crippen molar-refractivity contribution in [2.75, 3.05) is 81.6 Å². The van der Waals surface area contributed by atoms with Gasteiger partial charge < -0.3 is 29.7 Å². The van der Waals surface area contributed by atoms with Crippen LogP contribution in [0.15, 0.2) is 97.1 Å². The number of anilines is 2. The first-order chi connectivity index (χ1) is 32.4. The summed E-state index contributed by atoms with van der Waals surface area (Å²) in [6.07, 6.45) is -0.677. The predicted octanol–water partition coefficient (Wildman–Crippen LogP) is 5.39. The van der Waals surface area contributed by atoms with Crippen LogP contribution in [0.5, 0.6) is 0 Å². The molecule has 68 heavy (non-hydrogen) atoms. The maximum Gasteiger partial charge on any atom is 0.414 e. The van der Waals surface area contributed by atoms with Crippen molar-refractivity contribution >= 4 is 86.3 Å². The van der Waals surface area contributed by atoms with Crippen LogP contribution in [0.4, 0.5) is 21.0 Å². The van der Waals surface area contributed by atoms with Gasteiger partial charge in [-0.25, -0.2) is 9.59 Å². The van der Waals surface area contributed by atoms with Gasteiger partial charge in [-0.3, -0.25) is 44.1 Å². The summed E-state index contributed by atoms with van der Waals surface area (Å²) in [5, 5.41) is 22.4. The number of halogens is 2. The Morgan fingerprint density at radius 2 is 1.07 bits per heavy atom. The summed E-state index contributed by atoms with van der Waals surface area (Å²) in [7, 11) is -3.63. The fourth-order valence-corrected chi connectivity index (χ4v) is 7.80. The van der Waals surface area contributed by atoms with Gasteiger partial charge in [-0.2, -0.15) is 8.42 Å². The van der Waals surface area contributed by atoms with Gasteiger partial charge in [0.05, 0.1) is 32.4 Å². The average molecular weight is 994 g/mol. The molecule has 3 heterocycles. The van der Waals surface area contributed by atoms with Gasteiger partial charge in [0.15, 0.2) is 0 Å². The maximum absolute atomic E-state index is 12.6. The molecule has 0 saturated carbocycles. The third-order valence-corrected chi connectivity index (χ3v) is 11.8. The molecule has 22 heteroatoms. The van der Waals surface area contributed by atoms with Gasteiger partial charge in [0, 0.05) is 82.9 Å². The molecule has 7 rings (SSSR count). The van der Waals surface area contributed by atoms with Crippen molar-refractivity contribution in [3.63, 3.8) is 0 Å². The number of benzene rings is 4. The number of hydrogen-bond acceptors (Lipinski definition) is 15. The maximum atomic E-state index is 12.6. The first-order valence-electron chi connectivity index (χ1n) is 21.4. The lowest BCUT2D eigenvalue weighted by Crippen LogP contribution is -2.49. The van der Waals surface area contributed by atoms with E-state index in [1.165, 1.54) is 4.90 Å². The molecule has 4 aromatic carbocycles. The minimum absolute atomic E-state index is 0.0419. The van der Waals surface area contributed by atoms with E-state index in [-0.39, 0.29) is 36.9 Å². The zero-order valence-electron chi connectivity index (χ0n) is 37.1. The monoisotopic (exact) mass is 992 g/mol. The number of piperazine rings is 1. The highest BCUT2D eigenvalue weighted by Crippen LogP contribution is 2.25. The molecule has 0 bridgehead atoms. The molecule has 4 aromatic rings. The van der Waals surface area contributed by atoms with E-state index in [2.05, 4.69) is 24.6 Å². The first kappa shape index (κ1) is 51.0. The van der Waals surface area contributed by atoms with E-state index in [1.54, 1.807) is 109 Å². The van der Waals surface area contributed by atoms with E-state index in [9.17, 15) is 32.4 Å². The number of amidine groups is 2. The van der Waals surface area contributed by atoms with Gasteiger partial charge in [-0.05, 0) is 104 Å². The highest BCUT2D eigenvalue weighted by atomic mass is 35.5. The van der Waals surface area contributed by atoms with Crippen molar-refractivity contribution in [3.8, 4) is 0 Å². The van der Waals surface area contributed by atoms with Crippen molar-refractivity contribution in [1.82, 2.24) is 20.4 Å². The Labute approximate surface area is 403 Å². The summed E-state index contributed by atoms with van der Waals surface area (Å²) in [5.41, 5.74) is 2.89. The first-order valence-corrected chi connectivity index (χ1v) is 23.9. The summed E-state index contributed by atoms with van der Waals surface area (Å²) in [6.45, 7) is 7.24. The minimum Gasteiger partial charge on any atom is -0.466 e. The second-order valence-corrected chi connectivity index (χ2v) is 18.2. The summed E-state index contributed by atoms with van der Waals surface area (Å²) >= 11 is 11.7. The number of carbonyl (C=O) groups is 5. The van der Waals surface area contributed by atoms with Crippen LogP contribution >= 0.6 is 23.2 Å². The normalized spacial score (nSPS) is 17.4. The van der Waals surface area contributed by atoms with E-state index in [0.717, 1.165) is 32.4 Å². The topological polar surface area (TPSA) is 241 Å². The zero-order valence-corrected chi connectivity index (χ0v) is 39.4. The van der Waals surface area contributed by atoms with Crippen LogP contribution in [0.3, 0.4) is 0 Å². The Kier molecular flexibility index (Phi) is 17.6. The number of carbonyl (C=O) groups excluding carboxylic acids is 5. The number of nitrogens with zero attached hydrogens (tertiary/aromatic N) is 4. The van der Waals surface area contributed by atoms with Crippen molar-refractivity contribution < 1.29 is 50.8 Å². The molecule has 19 nitrogen and oxygen atoms in total. The molecule has 360 valence electrons. The molecule has 3 aliphatic heterocycles. The summed E-state index contributed by atoms with van der Waals surface area (Å²) < 4.78 is 42.5. The largest absolute Gasteiger partial charge is 0.466 e. The van der Waals surface area contributed by atoms with Gasteiger partial charge in [0.1, 0.15) is 30.5 Å². The molecule has 2 unspecified atom stereocenters.